The SMILES string of the molecule is CC(C)(C)OC(=O)N1CCN(c2ncnc(-c3ccc4c(c3)CCCC4(C)C)n2)CC1. The van der Waals surface area contributed by atoms with Crippen LogP contribution in [0, 0.1) is 0 Å². The van der Waals surface area contributed by atoms with Crippen molar-refractivity contribution >= 4 is 12.0 Å². The number of carbonyl (C=O) groups is 1. The Morgan fingerprint density at radius 2 is 1.84 bits per heavy atom. The smallest absolute Gasteiger partial charge is 0.410 e. The topological polar surface area (TPSA) is 71.5 Å². The van der Waals surface area contributed by atoms with Crippen LogP contribution in [0.4, 0.5) is 10.7 Å². The highest BCUT2D eigenvalue weighted by molar-refractivity contribution is 5.68. The molecule has 0 N–H and O–H groups in total. The minimum Gasteiger partial charge on any atom is -0.444 e. The molecule has 1 aliphatic carbocycles. The van der Waals surface area contributed by atoms with Gasteiger partial charge in [0.15, 0.2) is 5.82 Å². The van der Waals surface area contributed by atoms with Crippen LogP contribution in [0.2, 0.25) is 0 Å². The zero-order chi connectivity index (χ0) is 22.2. The van der Waals surface area contributed by atoms with Crippen molar-refractivity contribution in [3.8, 4) is 11.4 Å². The van der Waals surface area contributed by atoms with Crippen molar-refractivity contribution in [2.75, 3.05) is 31.1 Å². The Hall–Kier alpha value is -2.70. The summed E-state index contributed by atoms with van der Waals surface area (Å²) in [6, 6.07) is 6.62. The van der Waals surface area contributed by atoms with Crippen LogP contribution in [-0.2, 0) is 16.6 Å². The van der Waals surface area contributed by atoms with Gasteiger partial charge < -0.3 is 14.5 Å². The molecular weight excluding hydrogens is 390 g/mol. The molecule has 2 heterocycles. The van der Waals surface area contributed by atoms with Crippen molar-refractivity contribution in [1.29, 1.82) is 0 Å². The van der Waals surface area contributed by atoms with Gasteiger partial charge in [-0.05, 0) is 62.6 Å². The van der Waals surface area contributed by atoms with Gasteiger partial charge >= 0.3 is 6.09 Å². The number of hydrogen-bond donors (Lipinski definition) is 0. The van der Waals surface area contributed by atoms with Gasteiger partial charge in [-0.1, -0.05) is 26.0 Å². The highest BCUT2D eigenvalue weighted by Gasteiger charge is 2.28. The predicted molar refractivity (Wildman–Crippen MR) is 121 cm³/mol. The van der Waals surface area contributed by atoms with Gasteiger partial charge in [0.05, 0.1) is 0 Å². The highest BCUT2D eigenvalue weighted by atomic mass is 16.6. The fourth-order valence-electron chi connectivity index (χ4n) is 4.45. The Kier molecular flexibility index (Phi) is 5.62. The number of benzene rings is 1. The summed E-state index contributed by atoms with van der Waals surface area (Å²) in [6.07, 6.45) is 4.87. The molecule has 7 heteroatoms. The van der Waals surface area contributed by atoms with E-state index in [9.17, 15) is 4.79 Å². The number of aromatic nitrogens is 3. The van der Waals surface area contributed by atoms with Gasteiger partial charge in [-0.15, -0.1) is 0 Å². The molecule has 0 radical (unpaired) electrons. The first-order valence-corrected chi connectivity index (χ1v) is 11.2. The summed E-state index contributed by atoms with van der Waals surface area (Å²) >= 11 is 0. The minimum absolute atomic E-state index is 0.226. The molecule has 4 rings (SSSR count). The number of nitrogens with zero attached hydrogens (tertiary/aromatic N) is 5. The zero-order valence-corrected chi connectivity index (χ0v) is 19.3. The Balaban J connectivity index is 1.47. The first kappa shape index (κ1) is 21.5. The molecule has 166 valence electrons. The van der Waals surface area contributed by atoms with E-state index in [0.717, 1.165) is 12.0 Å². The number of amides is 1. The normalized spacial score (nSPS) is 18.5. The summed E-state index contributed by atoms with van der Waals surface area (Å²) in [4.78, 5) is 29.7. The molecule has 7 nitrogen and oxygen atoms in total. The summed E-state index contributed by atoms with van der Waals surface area (Å²) in [5.74, 6) is 1.36. The van der Waals surface area contributed by atoms with Gasteiger partial charge in [0.1, 0.15) is 11.9 Å². The maximum atomic E-state index is 12.3. The molecule has 2 aliphatic rings. The van der Waals surface area contributed by atoms with Gasteiger partial charge in [-0.2, -0.15) is 4.98 Å². The lowest BCUT2D eigenvalue weighted by atomic mass is 9.72. The first-order chi connectivity index (χ1) is 14.6. The van der Waals surface area contributed by atoms with Crippen LogP contribution in [0.25, 0.3) is 11.4 Å². The molecule has 0 unspecified atom stereocenters. The molecule has 0 saturated carbocycles. The van der Waals surface area contributed by atoms with Crippen LogP contribution in [0.3, 0.4) is 0 Å². The molecule has 1 aromatic carbocycles. The van der Waals surface area contributed by atoms with Crippen LogP contribution in [0.1, 0.15) is 58.6 Å². The van der Waals surface area contributed by atoms with Crippen molar-refractivity contribution in [3.05, 3.63) is 35.7 Å². The maximum Gasteiger partial charge on any atom is 0.410 e. The van der Waals surface area contributed by atoms with Crippen molar-refractivity contribution in [2.45, 2.75) is 64.9 Å². The standard InChI is InChI=1S/C24H33N5O2/c1-23(2,3)31-22(30)29-13-11-28(12-14-29)21-26-16-25-20(27-21)18-8-9-19-17(15-18)7-6-10-24(19,4)5/h8-9,15-16H,6-7,10-14H2,1-5H3. The minimum atomic E-state index is -0.485. The van der Waals surface area contributed by atoms with E-state index in [0.29, 0.717) is 38.0 Å². The molecule has 0 bridgehead atoms. The third kappa shape index (κ3) is 4.81. The van der Waals surface area contributed by atoms with Crippen LogP contribution >= 0.6 is 0 Å². The Bertz CT molecular complexity index is 959. The average Bonchev–Trinajstić information content (AvgIpc) is 2.72. The Labute approximate surface area is 184 Å². The second-order valence-electron chi connectivity index (χ2n) is 10.2. The van der Waals surface area contributed by atoms with Crippen molar-refractivity contribution < 1.29 is 9.53 Å². The number of piperazine rings is 1. The lowest BCUT2D eigenvalue weighted by molar-refractivity contribution is 0.0240. The van der Waals surface area contributed by atoms with Gasteiger partial charge in [0.2, 0.25) is 5.95 Å². The van der Waals surface area contributed by atoms with Crippen LogP contribution in [0.5, 0.6) is 0 Å². The van der Waals surface area contributed by atoms with E-state index in [1.165, 1.54) is 24.0 Å². The predicted octanol–water partition coefficient (Wildman–Crippen LogP) is 4.21. The van der Waals surface area contributed by atoms with E-state index in [-0.39, 0.29) is 11.5 Å². The van der Waals surface area contributed by atoms with Crippen LogP contribution in [0.15, 0.2) is 24.5 Å². The third-order valence-electron chi connectivity index (χ3n) is 6.11. The Morgan fingerprint density at radius 1 is 1.10 bits per heavy atom. The number of ether oxygens (including phenoxy) is 1. The monoisotopic (exact) mass is 423 g/mol. The molecule has 0 atom stereocenters. The summed E-state index contributed by atoms with van der Waals surface area (Å²) in [6.45, 7) is 12.8. The number of anilines is 1. The number of hydrogen-bond acceptors (Lipinski definition) is 6. The van der Waals surface area contributed by atoms with Crippen molar-refractivity contribution in [2.24, 2.45) is 0 Å². The molecular formula is C24H33N5O2. The molecule has 2 aromatic rings. The van der Waals surface area contributed by atoms with E-state index in [1.807, 2.05) is 20.8 Å². The van der Waals surface area contributed by atoms with Crippen LogP contribution in [-0.4, -0.2) is 57.7 Å². The number of carbonyl (C=O) groups excluding carboxylic acids is 1. The van der Waals surface area contributed by atoms with Gasteiger partial charge in [-0.3, -0.25) is 0 Å². The van der Waals surface area contributed by atoms with E-state index in [1.54, 1.807) is 11.2 Å². The summed E-state index contributed by atoms with van der Waals surface area (Å²) in [5.41, 5.74) is 3.62. The molecule has 1 saturated heterocycles. The number of fused-ring (bicyclic) bond motifs is 1. The van der Waals surface area contributed by atoms with Crippen LogP contribution < -0.4 is 4.90 Å². The zero-order valence-electron chi connectivity index (χ0n) is 19.3. The summed E-state index contributed by atoms with van der Waals surface area (Å²) < 4.78 is 5.48. The van der Waals surface area contributed by atoms with Gasteiger partial charge in [0.25, 0.3) is 0 Å². The van der Waals surface area contributed by atoms with Crippen molar-refractivity contribution in [3.63, 3.8) is 0 Å². The fourth-order valence-corrected chi connectivity index (χ4v) is 4.45. The fraction of sp³-hybridized carbons (Fsp3) is 0.583. The quantitative estimate of drug-likeness (QED) is 0.721. The van der Waals surface area contributed by atoms with E-state index >= 15 is 0 Å². The molecule has 1 aliphatic heterocycles. The molecule has 0 spiro atoms. The summed E-state index contributed by atoms with van der Waals surface area (Å²) in [7, 11) is 0. The molecule has 1 amide bonds. The largest absolute Gasteiger partial charge is 0.444 e. The average molecular weight is 424 g/mol. The number of aryl methyl sites for hydroxylation is 1. The lowest BCUT2D eigenvalue weighted by Crippen LogP contribution is -2.50. The Morgan fingerprint density at radius 3 is 2.55 bits per heavy atom. The first-order valence-electron chi connectivity index (χ1n) is 11.2. The molecule has 31 heavy (non-hydrogen) atoms. The second-order valence-corrected chi connectivity index (χ2v) is 10.2. The summed E-state index contributed by atoms with van der Waals surface area (Å²) in [5, 5.41) is 0. The van der Waals surface area contributed by atoms with E-state index in [2.05, 4.69) is 46.9 Å². The van der Waals surface area contributed by atoms with Gasteiger partial charge in [0, 0.05) is 31.7 Å². The molecule has 1 aromatic heterocycles. The van der Waals surface area contributed by atoms with E-state index in [4.69, 9.17) is 9.72 Å². The maximum absolute atomic E-state index is 12.3. The second kappa shape index (κ2) is 8.09. The third-order valence-corrected chi connectivity index (χ3v) is 6.11. The highest BCUT2D eigenvalue weighted by Crippen LogP contribution is 2.38. The number of rotatable bonds is 2. The lowest BCUT2D eigenvalue weighted by Gasteiger charge is -2.35. The van der Waals surface area contributed by atoms with E-state index < -0.39 is 5.60 Å². The van der Waals surface area contributed by atoms with Gasteiger partial charge in [-0.25, -0.2) is 14.8 Å². The van der Waals surface area contributed by atoms with Crippen molar-refractivity contribution in [1.82, 2.24) is 19.9 Å². The molecule has 1 fully saturated rings.